The van der Waals surface area contributed by atoms with Gasteiger partial charge >= 0.3 is 5.97 Å². The predicted molar refractivity (Wildman–Crippen MR) is 116 cm³/mol. The highest BCUT2D eigenvalue weighted by Crippen LogP contribution is 2.37. The molecule has 4 rings (SSSR count). The Labute approximate surface area is 187 Å². The molecule has 0 radical (unpaired) electrons. The quantitative estimate of drug-likeness (QED) is 0.548. The lowest BCUT2D eigenvalue weighted by molar-refractivity contribution is 0.0160. The number of hydrogen-bond acceptors (Lipinski definition) is 5. The van der Waals surface area contributed by atoms with Crippen LogP contribution in [0.5, 0.6) is 0 Å². The molecule has 1 fully saturated rings. The van der Waals surface area contributed by atoms with Crippen LogP contribution in [0.3, 0.4) is 0 Å². The summed E-state index contributed by atoms with van der Waals surface area (Å²) in [5, 5.41) is 7.83. The summed E-state index contributed by atoms with van der Waals surface area (Å²) >= 11 is 0. The minimum absolute atomic E-state index is 0.00207. The van der Waals surface area contributed by atoms with Gasteiger partial charge in [-0.15, -0.1) is 0 Å². The molecule has 0 aliphatic carbocycles. The summed E-state index contributed by atoms with van der Waals surface area (Å²) in [5.74, 6) is -0.902. The van der Waals surface area contributed by atoms with Gasteiger partial charge in [-0.1, -0.05) is 0 Å². The Bertz CT molecular complexity index is 1010. The van der Waals surface area contributed by atoms with E-state index in [1.807, 2.05) is 6.92 Å². The van der Waals surface area contributed by atoms with Crippen LogP contribution in [0.15, 0.2) is 18.2 Å². The first-order valence-corrected chi connectivity index (χ1v) is 11.3. The first-order chi connectivity index (χ1) is 15.4. The SMILES string of the molecule is CCn1nc(CCCOC(=O)c2ccc(F)cc2C)c2c1C(=O)NCC1(CCOCC1)C2. The molecule has 0 bridgehead atoms. The van der Waals surface area contributed by atoms with Gasteiger partial charge in [0, 0.05) is 31.9 Å². The molecule has 1 spiro atoms. The number of esters is 1. The molecule has 32 heavy (non-hydrogen) atoms. The Morgan fingerprint density at radius 3 is 2.84 bits per heavy atom. The van der Waals surface area contributed by atoms with E-state index < -0.39 is 5.97 Å². The summed E-state index contributed by atoms with van der Waals surface area (Å²) in [6.07, 6.45) is 3.84. The van der Waals surface area contributed by atoms with Gasteiger partial charge in [-0.2, -0.15) is 5.10 Å². The normalized spacial score (nSPS) is 17.5. The average Bonchev–Trinajstić information content (AvgIpc) is 3.05. The van der Waals surface area contributed by atoms with Crippen molar-refractivity contribution in [1.82, 2.24) is 15.1 Å². The van der Waals surface area contributed by atoms with Crippen molar-refractivity contribution in [2.24, 2.45) is 5.41 Å². The summed E-state index contributed by atoms with van der Waals surface area (Å²) in [4.78, 5) is 25.2. The van der Waals surface area contributed by atoms with Gasteiger partial charge in [-0.05, 0) is 75.1 Å². The van der Waals surface area contributed by atoms with E-state index in [2.05, 4.69) is 5.32 Å². The van der Waals surface area contributed by atoms with Crippen molar-refractivity contribution in [1.29, 1.82) is 0 Å². The number of ether oxygens (including phenoxy) is 2. The fourth-order valence-electron chi connectivity index (χ4n) is 4.70. The smallest absolute Gasteiger partial charge is 0.338 e. The first-order valence-electron chi connectivity index (χ1n) is 11.3. The van der Waals surface area contributed by atoms with Gasteiger partial charge < -0.3 is 14.8 Å². The molecule has 7 nitrogen and oxygen atoms in total. The number of aryl methyl sites for hydroxylation is 3. The fraction of sp³-hybridized carbons (Fsp3) is 0.542. The highest BCUT2D eigenvalue weighted by atomic mass is 19.1. The van der Waals surface area contributed by atoms with E-state index >= 15 is 0 Å². The van der Waals surface area contributed by atoms with Gasteiger partial charge in [0.1, 0.15) is 11.5 Å². The van der Waals surface area contributed by atoms with E-state index in [0.29, 0.717) is 56.0 Å². The number of nitrogens with one attached hydrogen (secondary N) is 1. The zero-order valence-corrected chi connectivity index (χ0v) is 18.7. The lowest BCUT2D eigenvalue weighted by Crippen LogP contribution is -2.40. The maximum atomic E-state index is 13.3. The van der Waals surface area contributed by atoms with Crippen LogP contribution in [0, 0.1) is 18.2 Å². The summed E-state index contributed by atoms with van der Waals surface area (Å²) in [6.45, 7) is 6.58. The number of nitrogens with zero attached hydrogens (tertiary/aromatic N) is 2. The molecule has 1 aromatic carbocycles. The summed E-state index contributed by atoms with van der Waals surface area (Å²) in [5.41, 5.74) is 3.50. The monoisotopic (exact) mass is 443 g/mol. The Kier molecular flexibility index (Phi) is 6.60. The molecule has 0 atom stereocenters. The van der Waals surface area contributed by atoms with Crippen LogP contribution >= 0.6 is 0 Å². The van der Waals surface area contributed by atoms with Crippen molar-refractivity contribution < 1.29 is 23.5 Å². The van der Waals surface area contributed by atoms with Crippen molar-refractivity contribution in [3.8, 4) is 0 Å². The summed E-state index contributed by atoms with van der Waals surface area (Å²) in [7, 11) is 0. The molecule has 2 aromatic rings. The Hall–Kier alpha value is -2.74. The molecule has 0 saturated carbocycles. The second-order valence-corrected chi connectivity index (χ2v) is 8.76. The summed E-state index contributed by atoms with van der Waals surface area (Å²) in [6, 6.07) is 4.02. The van der Waals surface area contributed by atoms with Crippen molar-refractivity contribution in [2.75, 3.05) is 26.4 Å². The predicted octanol–water partition coefficient (Wildman–Crippen LogP) is 3.22. The van der Waals surface area contributed by atoms with Crippen LogP contribution < -0.4 is 5.32 Å². The number of carbonyl (C=O) groups excluding carboxylic acids is 2. The molecule has 1 saturated heterocycles. The topological polar surface area (TPSA) is 82.5 Å². The number of halogens is 1. The van der Waals surface area contributed by atoms with Gasteiger partial charge in [0.15, 0.2) is 0 Å². The van der Waals surface area contributed by atoms with Crippen LogP contribution in [0.4, 0.5) is 4.39 Å². The van der Waals surface area contributed by atoms with Gasteiger partial charge in [0.2, 0.25) is 0 Å². The molecule has 0 unspecified atom stereocenters. The fourth-order valence-corrected chi connectivity index (χ4v) is 4.70. The molecule has 2 aliphatic rings. The lowest BCUT2D eigenvalue weighted by atomic mass is 9.75. The minimum Gasteiger partial charge on any atom is -0.462 e. The van der Waals surface area contributed by atoms with Gasteiger partial charge in [0.25, 0.3) is 5.91 Å². The number of hydrogen-bond donors (Lipinski definition) is 1. The van der Waals surface area contributed by atoms with Crippen LogP contribution in [0.1, 0.15) is 63.9 Å². The van der Waals surface area contributed by atoms with E-state index in [0.717, 1.165) is 30.5 Å². The number of benzene rings is 1. The number of carbonyl (C=O) groups is 2. The Morgan fingerprint density at radius 1 is 1.34 bits per heavy atom. The molecular formula is C24H30FN3O4. The van der Waals surface area contributed by atoms with Gasteiger partial charge in [0.05, 0.1) is 17.9 Å². The van der Waals surface area contributed by atoms with E-state index in [-0.39, 0.29) is 23.7 Å². The lowest BCUT2D eigenvalue weighted by Gasteiger charge is -2.36. The number of aromatic nitrogens is 2. The molecule has 172 valence electrons. The van der Waals surface area contributed by atoms with Crippen molar-refractivity contribution in [3.63, 3.8) is 0 Å². The van der Waals surface area contributed by atoms with Gasteiger partial charge in [-0.25, -0.2) is 9.18 Å². The third kappa shape index (κ3) is 4.55. The van der Waals surface area contributed by atoms with Crippen molar-refractivity contribution in [3.05, 3.63) is 52.1 Å². The molecular weight excluding hydrogens is 413 g/mol. The van der Waals surface area contributed by atoms with E-state index in [1.165, 1.54) is 18.2 Å². The van der Waals surface area contributed by atoms with Crippen LogP contribution in [-0.2, 0) is 28.9 Å². The van der Waals surface area contributed by atoms with Crippen molar-refractivity contribution >= 4 is 11.9 Å². The zero-order chi connectivity index (χ0) is 22.7. The largest absolute Gasteiger partial charge is 0.462 e. The number of rotatable bonds is 6. The molecule has 1 amide bonds. The third-order valence-corrected chi connectivity index (χ3v) is 6.58. The van der Waals surface area contributed by atoms with Gasteiger partial charge in [-0.3, -0.25) is 9.48 Å². The minimum atomic E-state index is -0.457. The van der Waals surface area contributed by atoms with Crippen LogP contribution in [-0.4, -0.2) is 48.0 Å². The number of fused-ring (bicyclic) bond motifs is 1. The van der Waals surface area contributed by atoms with E-state index in [4.69, 9.17) is 14.6 Å². The maximum absolute atomic E-state index is 13.3. The highest BCUT2D eigenvalue weighted by molar-refractivity contribution is 5.95. The zero-order valence-electron chi connectivity index (χ0n) is 18.7. The molecule has 2 aliphatic heterocycles. The summed E-state index contributed by atoms with van der Waals surface area (Å²) < 4.78 is 26.0. The van der Waals surface area contributed by atoms with E-state index in [1.54, 1.807) is 11.6 Å². The van der Waals surface area contributed by atoms with E-state index in [9.17, 15) is 14.0 Å². The second-order valence-electron chi connectivity index (χ2n) is 8.76. The molecule has 3 heterocycles. The Balaban J connectivity index is 1.45. The first kappa shape index (κ1) is 22.5. The number of amides is 1. The van der Waals surface area contributed by atoms with Crippen LogP contribution in [0.25, 0.3) is 0 Å². The second kappa shape index (κ2) is 9.40. The van der Waals surface area contributed by atoms with Crippen LogP contribution in [0.2, 0.25) is 0 Å². The maximum Gasteiger partial charge on any atom is 0.338 e. The molecule has 1 N–H and O–H groups in total. The Morgan fingerprint density at radius 2 is 2.12 bits per heavy atom. The standard InChI is InChI=1S/C24H30FN3O4/c1-3-28-21-19(14-24(15-26-22(21)29)8-11-31-12-9-24)20(27-28)5-4-10-32-23(30)18-7-6-17(25)13-16(18)2/h6-7,13H,3-5,8-12,14-15H2,1-2H3,(H,26,29). The highest BCUT2D eigenvalue weighted by Gasteiger charge is 2.39. The average molecular weight is 444 g/mol. The molecule has 1 aromatic heterocycles. The van der Waals surface area contributed by atoms with Crippen molar-refractivity contribution in [2.45, 2.75) is 52.5 Å². The third-order valence-electron chi connectivity index (χ3n) is 6.58. The molecule has 8 heteroatoms.